The summed E-state index contributed by atoms with van der Waals surface area (Å²) >= 11 is 0. The molecule has 2 aromatic rings. The van der Waals surface area contributed by atoms with Gasteiger partial charge in [0.1, 0.15) is 5.75 Å². The fourth-order valence-corrected chi connectivity index (χ4v) is 2.45. The Hall–Kier alpha value is -2.60. The van der Waals surface area contributed by atoms with Crippen LogP contribution in [0.2, 0.25) is 0 Å². The molecule has 2 amide bonds. The normalized spacial score (nSPS) is 11.8. The van der Waals surface area contributed by atoms with Crippen molar-refractivity contribution in [3.8, 4) is 5.75 Å². The van der Waals surface area contributed by atoms with Gasteiger partial charge in [0.05, 0.1) is 13.2 Å². The third-order valence-corrected chi connectivity index (χ3v) is 3.75. The number of nitrogens with zero attached hydrogens (tertiary/aromatic N) is 2. The molecular formula is C18H24N4O2. The highest BCUT2D eigenvalue weighted by Gasteiger charge is 2.18. The minimum absolute atomic E-state index is 0.0188. The minimum Gasteiger partial charge on any atom is -0.496 e. The number of hydrogen-bond acceptors (Lipinski definition) is 4. The molecule has 0 spiro atoms. The van der Waals surface area contributed by atoms with Crippen molar-refractivity contribution in [2.75, 3.05) is 27.7 Å². The lowest BCUT2D eigenvalue weighted by molar-refractivity contribution is 0.231. The van der Waals surface area contributed by atoms with Gasteiger partial charge in [-0.2, -0.15) is 0 Å². The van der Waals surface area contributed by atoms with Crippen LogP contribution in [0.5, 0.6) is 5.75 Å². The molecule has 0 radical (unpaired) electrons. The first-order chi connectivity index (χ1) is 11.6. The van der Waals surface area contributed by atoms with Crippen LogP contribution in [0.3, 0.4) is 0 Å². The van der Waals surface area contributed by atoms with Gasteiger partial charge >= 0.3 is 6.03 Å². The number of rotatable bonds is 7. The molecule has 0 fully saturated rings. The highest BCUT2D eigenvalue weighted by molar-refractivity contribution is 5.73. The Bertz CT molecular complexity index is 646. The summed E-state index contributed by atoms with van der Waals surface area (Å²) < 4.78 is 5.43. The van der Waals surface area contributed by atoms with Crippen LogP contribution in [-0.4, -0.2) is 43.7 Å². The van der Waals surface area contributed by atoms with Crippen molar-refractivity contribution in [3.63, 3.8) is 0 Å². The monoisotopic (exact) mass is 328 g/mol. The molecule has 1 atom stereocenters. The quantitative estimate of drug-likeness (QED) is 0.818. The number of methoxy groups -OCH3 is 1. The Balaban J connectivity index is 1.93. The number of hydrogen-bond donors (Lipinski definition) is 2. The molecule has 1 aromatic heterocycles. The summed E-state index contributed by atoms with van der Waals surface area (Å²) in [5.41, 5.74) is 2.00. The van der Waals surface area contributed by atoms with E-state index in [9.17, 15) is 4.79 Å². The van der Waals surface area contributed by atoms with Crippen LogP contribution in [-0.2, 0) is 6.54 Å². The average molecular weight is 328 g/mol. The van der Waals surface area contributed by atoms with Gasteiger partial charge in [0.25, 0.3) is 0 Å². The van der Waals surface area contributed by atoms with Crippen molar-refractivity contribution in [3.05, 3.63) is 59.9 Å². The molecule has 1 aromatic carbocycles. The number of carbonyl (C=O) groups is 1. The Morgan fingerprint density at radius 3 is 2.67 bits per heavy atom. The number of amides is 2. The number of para-hydroxylation sites is 1. The lowest BCUT2D eigenvalue weighted by atomic mass is 10.0. The van der Waals surface area contributed by atoms with Crippen molar-refractivity contribution in [1.82, 2.24) is 20.5 Å². The van der Waals surface area contributed by atoms with E-state index in [2.05, 4.69) is 20.5 Å². The van der Waals surface area contributed by atoms with Gasteiger partial charge in [0.2, 0.25) is 0 Å². The standard InChI is InChI=1S/C18H24N4O2/c1-22(2)16(15-8-4-5-9-17(15)24-3)13-21-18(23)20-12-14-7-6-10-19-11-14/h4-11,16H,12-13H2,1-3H3,(H2,20,21,23). The van der Waals surface area contributed by atoms with E-state index in [1.54, 1.807) is 19.5 Å². The summed E-state index contributed by atoms with van der Waals surface area (Å²) in [5, 5.41) is 5.75. The van der Waals surface area contributed by atoms with E-state index in [1.807, 2.05) is 50.5 Å². The number of likely N-dealkylation sites (N-methyl/N-ethyl adjacent to an activating group) is 1. The summed E-state index contributed by atoms with van der Waals surface area (Å²) in [7, 11) is 5.61. The summed E-state index contributed by atoms with van der Waals surface area (Å²) in [6.45, 7) is 0.924. The van der Waals surface area contributed by atoms with Gasteiger partial charge in [-0.3, -0.25) is 4.98 Å². The molecule has 0 aliphatic heterocycles. The maximum absolute atomic E-state index is 12.0. The van der Waals surface area contributed by atoms with Crippen molar-refractivity contribution < 1.29 is 9.53 Å². The zero-order valence-electron chi connectivity index (χ0n) is 14.3. The molecule has 6 nitrogen and oxygen atoms in total. The zero-order valence-corrected chi connectivity index (χ0v) is 14.3. The molecule has 2 N–H and O–H groups in total. The summed E-state index contributed by atoms with van der Waals surface area (Å²) in [6, 6.07) is 11.4. The van der Waals surface area contributed by atoms with E-state index in [0.717, 1.165) is 16.9 Å². The Morgan fingerprint density at radius 2 is 2.00 bits per heavy atom. The highest BCUT2D eigenvalue weighted by atomic mass is 16.5. The number of pyridine rings is 1. The number of benzene rings is 1. The second-order valence-electron chi connectivity index (χ2n) is 5.65. The van der Waals surface area contributed by atoms with Gasteiger partial charge in [0, 0.05) is 31.0 Å². The number of aromatic nitrogens is 1. The summed E-state index contributed by atoms with van der Waals surface area (Å²) in [4.78, 5) is 18.1. The summed E-state index contributed by atoms with van der Waals surface area (Å²) in [5.74, 6) is 0.814. The van der Waals surface area contributed by atoms with Crippen molar-refractivity contribution in [1.29, 1.82) is 0 Å². The first kappa shape index (κ1) is 17.7. The SMILES string of the molecule is COc1ccccc1C(CNC(=O)NCc1cccnc1)N(C)C. The van der Waals surface area contributed by atoms with Crippen molar-refractivity contribution in [2.45, 2.75) is 12.6 Å². The summed E-state index contributed by atoms with van der Waals surface area (Å²) in [6.07, 6.45) is 3.44. The number of urea groups is 1. The molecule has 0 saturated carbocycles. The van der Waals surface area contributed by atoms with E-state index in [4.69, 9.17) is 4.74 Å². The van der Waals surface area contributed by atoms with E-state index >= 15 is 0 Å². The number of ether oxygens (including phenoxy) is 1. The van der Waals surface area contributed by atoms with Crippen LogP contribution < -0.4 is 15.4 Å². The third kappa shape index (κ3) is 4.96. The van der Waals surface area contributed by atoms with Crippen LogP contribution in [0.1, 0.15) is 17.2 Å². The van der Waals surface area contributed by atoms with Gasteiger partial charge in [-0.1, -0.05) is 24.3 Å². The first-order valence-electron chi connectivity index (χ1n) is 7.81. The lowest BCUT2D eigenvalue weighted by Gasteiger charge is -2.26. The van der Waals surface area contributed by atoms with E-state index in [0.29, 0.717) is 13.1 Å². The molecule has 0 saturated heterocycles. The molecule has 1 unspecified atom stereocenters. The van der Waals surface area contributed by atoms with Crippen molar-refractivity contribution >= 4 is 6.03 Å². The lowest BCUT2D eigenvalue weighted by Crippen LogP contribution is -2.40. The van der Waals surface area contributed by atoms with Gasteiger partial charge < -0.3 is 20.3 Å². The van der Waals surface area contributed by atoms with E-state index in [1.165, 1.54) is 0 Å². The van der Waals surface area contributed by atoms with E-state index in [-0.39, 0.29) is 12.1 Å². The van der Waals surface area contributed by atoms with Crippen LogP contribution in [0, 0.1) is 0 Å². The predicted molar refractivity (Wildman–Crippen MR) is 93.9 cm³/mol. The van der Waals surface area contributed by atoms with Gasteiger partial charge in [-0.05, 0) is 31.8 Å². The number of carbonyl (C=O) groups excluding carboxylic acids is 1. The molecule has 0 aliphatic carbocycles. The van der Waals surface area contributed by atoms with Gasteiger partial charge in [-0.25, -0.2) is 4.79 Å². The van der Waals surface area contributed by atoms with E-state index < -0.39 is 0 Å². The molecular weight excluding hydrogens is 304 g/mol. The third-order valence-electron chi connectivity index (χ3n) is 3.75. The number of nitrogens with one attached hydrogen (secondary N) is 2. The van der Waals surface area contributed by atoms with Crippen LogP contribution in [0.15, 0.2) is 48.8 Å². The smallest absolute Gasteiger partial charge is 0.315 e. The maximum Gasteiger partial charge on any atom is 0.315 e. The molecule has 24 heavy (non-hydrogen) atoms. The molecule has 6 heteroatoms. The Morgan fingerprint density at radius 1 is 1.21 bits per heavy atom. The minimum atomic E-state index is -0.208. The fourth-order valence-electron chi connectivity index (χ4n) is 2.45. The largest absolute Gasteiger partial charge is 0.496 e. The average Bonchev–Trinajstić information content (AvgIpc) is 2.61. The molecule has 0 aliphatic rings. The molecule has 2 rings (SSSR count). The molecule has 0 bridgehead atoms. The van der Waals surface area contributed by atoms with Crippen LogP contribution >= 0.6 is 0 Å². The highest BCUT2D eigenvalue weighted by Crippen LogP contribution is 2.27. The second kappa shape index (κ2) is 8.88. The predicted octanol–water partition coefficient (Wildman–Crippen LogP) is 2.19. The van der Waals surface area contributed by atoms with Gasteiger partial charge in [0.15, 0.2) is 0 Å². The van der Waals surface area contributed by atoms with Crippen LogP contribution in [0.4, 0.5) is 4.79 Å². The second-order valence-corrected chi connectivity index (χ2v) is 5.65. The Kier molecular flexibility index (Phi) is 6.57. The Labute approximate surface area is 142 Å². The first-order valence-corrected chi connectivity index (χ1v) is 7.81. The maximum atomic E-state index is 12.0. The van der Waals surface area contributed by atoms with Crippen LogP contribution in [0.25, 0.3) is 0 Å². The zero-order chi connectivity index (χ0) is 17.4. The van der Waals surface area contributed by atoms with Crippen molar-refractivity contribution in [2.24, 2.45) is 0 Å². The van der Waals surface area contributed by atoms with Gasteiger partial charge in [-0.15, -0.1) is 0 Å². The topological polar surface area (TPSA) is 66.5 Å². The molecule has 128 valence electrons. The fraction of sp³-hybridized carbons (Fsp3) is 0.333. The molecule has 1 heterocycles.